The molecule has 0 saturated carbocycles. The fourth-order valence-electron chi connectivity index (χ4n) is 2.79. The van der Waals surface area contributed by atoms with E-state index in [0.717, 1.165) is 24.7 Å². The van der Waals surface area contributed by atoms with E-state index in [1.807, 2.05) is 42.1 Å². The molecule has 1 aliphatic heterocycles. The average Bonchev–Trinajstić information content (AvgIpc) is 2.62. The zero-order valence-electron chi connectivity index (χ0n) is 13.8. The number of nitriles is 1. The molecule has 0 bridgehead atoms. The molecule has 0 atom stereocenters. The van der Waals surface area contributed by atoms with Crippen LogP contribution in [0.25, 0.3) is 0 Å². The second kappa shape index (κ2) is 6.71. The van der Waals surface area contributed by atoms with Crippen molar-refractivity contribution in [3.05, 3.63) is 41.7 Å². The van der Waals surface area contributed by atoms with E-state index in [2.05, 4.69) is 15.1 Å². The number of benzene rings is 1. The van der Waals surface area contributed by atoms with Crippen LogP contribution in [0.15, 0.2) is 30.3 Å². The van der Waals surface area contributed by atoms with Gasteiger partial charge in [0.25, 0.3) is 0 Å². The van der Waals surface area contributed by atoms with E-state index in [9.17, 15) is 9.65 Å². The molecule has 0 unspecified atom stereocenters. The van der Waals surface area contributed by atoms with Gasteiger partial charge in [-0.2, -0.15) is 5.26 Å². The monoisotopic (exact) mass is 326 g/mol. The molecule has 0 spiro atoms. The maximum Gasteiger partial charge on any atom is 0.151 e. The number of halogens is 1. The van der Waals surface area contributed by atoms with Crippen LogP contribution in [-0.4, -0.2) is 50.5 Å². The summed E-state index contributed by atoms with van der Waals surface area (Å²) in [6, 6.07) is 10.6. The fraction of sp³-hybridized carbons (Fsp3) is 0.353. The molecule has 6 nitrogen and oxygen atoms in total. The maximum atomic E-state index is 13.8. The molecule has 0 N–H and O–H groups in total. The van der Waals surface area contributed by atoms with Gasteiger partial charge in [-0.3, -0.25) is 0 Å². The SMILES string of the molecule is CN(C)c1ccc(N2CCN(c3cccc(F)c3C#N)CC2)nn1. The van der Waals surface area contributed by atoms with Crippen LogP contribution in [0.5, 0.6) is 0 Å². The molecule has 24 heavy (non-hydrogen) atoms. The first-order valence-electron chi connectivity index (χ1n) is 7.79. The molecule has 1 aromatic carbocycles. The number of nitrogens with zero attached hydrogens (tertiary/aromatic N) is 6. The molecule has 1 saturated heterocycles. The lowest BCUT2D eigenvalue weighted by atomic mass is 10.1. The van der Waals surface area contributed by atoms with Gasteiger partial charge in [0.15, 0.2) is 11.6 Å². The summed E-state index contributed by atoms with van der Waals surface area (Å²) >= 11 is 0. The Balaban J connectivity index is 1.70. The molecule has 0 radical (unpaired) electrons. The lowest BCUT2D eigenvalue weighted by Gasteiger charge is -2.36. The maximum absolute atomic E-state index is 13.8. The van der Waals surface area contributed by atoms with Crippen LogP contribution < -0.4 is 14.7 Å². The van der Waals surface area contributed by atoms with Crippen molar-refractivity contribution < 1.29 is 4.39 Å². The lowest BCUT2D eigenvalue weighted by molar-refractivity contribution is 0.615. The third kappa shape index (κ3) is 3.08. The highest BCUT2D eigenvalue weighted by molar-refractivity contribution is 5.61. The van der Waals surface area contributed by atoms with Gasteiger partial charge in [-0.05, 0) is 24.3 Å². The minimum atomic E-state index is -0.470. The fourth-order valence-corrected chi connectivity index (χ4v) is 2.79. The Morgan fingerprint density at radius 2 is 1.75 bits per heavy atom. The predicted molar refractivity (Wildman–Crippen MR) is 91.9 cm³/mol. The number of anilines is 3. The van der Waals surface area contributed by atoms with Crippen molar-refractivity contribution >= 4 is 17.3 Å². The molecular weight excluding hydrogens is 307 g/mol. The van der Waals surface area contributed by atoms with Crippen LogP contribution in [-0.2, 0) is 0 Å². The molecule has 2 heterocycles. The molecule has 2 aromatic rings. The second-order valence-electron chi connectivity index (χ2n) is 5.86. The van der Waals surface area contributed by atoms with Gasteiger partial charge in [0.05, 0.1) is 5.69 Å². The number of aromatic nitrogens is 2. The van der Waals surface area contributed by atoms with Crippen LogP contribution in [0.3, 0.4) is 0 Å². The Kier molecular flexibility index (Phi) is 4.47. The summed E-state index contributed by atoms with van der Waals surface area (Å²) in [5.74, 6) is 1.18. The van der Waals surface area contributed by atoms with Crippen molar-refractivity contribution in [3.8, 4) is 6.07 Å². The van der Waals surface area contributed by atoms with E-state index >= 15 is 0 Å². The van der Waals surface area contributed by atoms with Crippen molar-refractivity contribution in [1.29, 1.82) is 5.26 Å². The van der Waals surface area contributed by atoms with E-state index < -0.39 is 5.82 Å². The van der Waals surface area contributed by atoms with Gasteiger partial charge in [0.1, 0.15) is 17.4 Å². The summed E-state index contributed by atoms with van der Waals surface area (Å²) < 4.78 is 13.8. The van der Waals surface area contributed by atoms with Gasteiger partial charge >= 0.3 is 0 Å². The normalized spacial score (nSPS) is 14.4. The van der Waals surface area contributed by atoms with Crippen LogP contribution in [0.4, 0.5) is 21.7 Å². The third-order valence-corrected chi connectivity index (χ3v) is 4.14. The summed E-state index contributed by atoms with van der Waals surface area (Å²) in [6.45, 7) is 2.90. The van der Waals surface area contributed by atoms with Gasteiger partial charge in [0, 0.05) is 40.3 Å². The van der Waals surface area contributed by atoms with Crippen LogP contribution in [0.1, 0.15) is 5.56 Å². The summed E-state index contributed by atoms with van der Waals surface area (Å²) in [5.41, 5.74) is 0.771. The standard InChI is InChI=1S/C17H19FN6/c1-22(2)16-6-7-17(21-20-16)24-10-8-23(9-11-24)15-5-3-4-14(18)13(15)12-19/h3-7H,8-11H2,1-2H3. The van der Waals surface area contributed by atoms with Crippen molar-refractivity contribution in [2.75, 3.05) is 55.0 Å². The summed E-state index contributed by atoms with van der Waals surface area (Å²) in [6.07, 6.45) is 0. The topological polar surface area (TPSA) is 59.3 Å². The van der Waals surface area contributed by atoms with Gasteiger partial charge < -0.3 is 14.7 Å². The molecular formula is C17H19FN6. The number of piperazine rings is 1. The first-order chi connectivity index (χ1) is 11.6. The van der Waals surface area contributed by atoms with Gasteiger partial charge in [-0.1, -0.05) is 6.07 Å². The lowest BCUT2D eigenvalue weighted by Crippen LogP contribution is -2.47. The first kappa shape index (κ1) is 16.0. The average molecular weight is 326 g/mol. The minimum absolute atomic E-state index is 0.112. The van der Waals surface area contributed by atoms with Crippen molar-refractivity contribution in [1.82, 2.24) is 10.2 Å². The Morgan fingerprint density at radius 3 is 2.33 bits per heavy atom. The van der Waals surface area contributed by atoms with E-state index in [1.165, 1.54) is 6.07 Å². The molecule has 124 valence electrons. The van der Waals surface area contributed by atoms with Gasteiger partial charge in [0.2, 0.25) is 0 Å². The summed E-state index contributed by atoms with van der Waals surface area (Å²) in [7, 11) is 3.85. The quantitative estimate of drug-likeness (QED) is 0.858. The number of hydrogen-bond acceptors (Lipinski definition) is 6. The predicted octanol–water partition coefficient (Wildman–Crippen LogP) is 1.88. The molecule has 1 aliphatic rings. The second-order valence-corrected chi connectivity index (χ2v) is 5.86. The van der Waals surface area contributed by atoms with Crippen molar-refractivity contribution in [3.63, 3.8) is 0 Å². The summed E-state index contributed by atoms with van der Waals surface area (Å²) in [5, 5.41) is 17.7. The highest BCUT2D eigenvalue weighted by atomic mass is 19.1. The highest BCUT2D eigenvalue weighted by Crippen LogP contribution is 2.24. The molecule has 3 rings (SSSR count). The zero-order valence-corrected chi connectivity index (χ0v) is 13.8. The Morgan fingerprint density at radius 1 is 1.04 bits per heavy atom. The Labute approximate surface area is 140 Å². The third-order valence-electron chi connectivity index (χ3n) is 4.14. The minimum Gasteiger partial charge on any atom is -0.367 e. The van der Waals surface area contributed by atoms with E-state index in [-0.39, 0.29) is 5.56 Å². The zero-order chi connectivity index (χ0) is 17.1. The van der Waals surface area contributed by atoms with E-state index in [0.29, 0.717) is 18.8 Å². The van der Waals surface area contributed by atoms with Gasteiger partial charge in [-0.25, -0.2) is 4.39 Å². The van der Waals surface area contributed by atoms with Crippen LogP contribution in [0, 0.1) is 17.1 Å². The Hall–Kier alpha value is -2.88. The van der Waals surface area contributed by atoms with Crippen LogP contribution >= 0.6 is 0 Å². The molecule has 1 aromatic heterocycles. The molecule has 1 fully saturated rings. The van der Waals surface area contributed by atoms with Crippen molar-refractivity contribution in [2.45, 2.75) is 0 Å². The van der Waals surface area contributed by atoms with E-state index in [1.54, 1.807) is 12.1 Å². The summed E-state index contributed by atoms with van der Waals surface area (Å²) in [4.78, 5) is 6.09. The first-order valence-corrected chi connectivity index (χ1v) is 7.79. The van der Waals surface area contributed by atoms with Gasteiger partial charge in [-0.15, -0.1) is 10.2 Å². The Bertz CT molecular complexity index is 745. The van der Waals surface area contributed by atoms with Crippen molar-refractivity contribution in [2.24, 2.45) is 0 Å². The molecule has 0 amide bonds. The van der Waals surface area contributed by atoms with Crippen LogP contribution in [0.2, 0.25) is 0 Å². The largest absolute Gasteiger partial charge is 0.367 e. The molecule has 7 heteroatoms. The molecule has 0 aliphatic carbocycles. The smallest absolute Gasteiger partial charge is 0.151 e. The highest BCUT2D eigenvalue weighted by Gasteiger charge is 2.21. The van der Waals surface area contributed by atoms with E-state index in [4.69, 9.17) is 0 Å². The number of rotatable bonds is 3. The number of hydrogen-bond donors (Lipinski definition) is 0.